The van der Waals surface area contributed by atoms with Crippen molar-refractivity contribution in [3.63, 3.8) is 0 Å². The number of benzene rings is 2. The fraction of sp³-hybridized carbons (Fsp3) is 0.238. The Labute approximate surface area is 162 Å². The molecule has 0 unspecified atom stereocenters. The number of nitrogens with one attached hydrogen (secondary N) is 1. The monoisotopic (exact) mass is 380 g/mol. The van der Waals surface area contributed by atoms with Gasteiger partial charge in [0.1, 0.15) is 6.54 Å². The minimum absolute atomic E-state index is 0.0403. The van der Waals surface area contributed by atoms with Crippen molar-refractivity contribution in [2.24, 2.45) is 0 Å². The molecular formula is C21H20N2O5. The molecule has 0 spiro atoms. The van der Waals surface area contributed by atoms with Crippen LogP contribution in [0.3, 0.4) is 0 Å². The average Bonchev–Trinajstić information content (AvgIpc) is 2.67. The maximum atomic E-state index is 12.5. The zero-order valence-electron chi connectivity index (χ0n) is 15.6. The molecule has 0 radical (unpaired) electrons. The Balaban J connectivity index is 1.59. The van der Waals surface area contributed by atoms with E-state index in [1.807, 2.05) is 19.1 Å². The fourth-order valence-corrected chi connectivity index (χ4v) is 2.86. The second-order valence-electron chi connectivity index (χ2n) is 6.61. The predicted octanol–water partition coefficient (Wildman–Crippen LogP) is 2.09. The van der Waals surface area contributed by atoms with Gasteiger partial charge in [0.2, 0.25) is 5.91 Å². The van der Waals surface area contributed by atoms with Gasteiger partial charge in [0.25, 0.3) is 11.8 Å². The predicted molar refractivity (Wildman–Crippen MR) is 102 cm³/mol. The molecule has 1 N–H and O–H groups in total. The maximum absolute atomic E-state index is 12.5. The molecular weight excluding hydrogens is 360 g/mol. The number of hydrogen-bond donors (Lipinski definition) is 1. The number of amides is 3. The third-order valence-electron chi connectivity index (χ3n) is 4.42. The number of esters is 1. The van der Waals surface area contributed by atoms with Crippen LogP contribution in [0.25, 0.3) is 0 Å². The highest BCUT2D eigenvalue weighted by molar-refractivity contribution is 6.11. The van der Waals surface area contributed by atoms with Crippen molar-refractivity contribution in [3.05, 3.63) is 65.2 Å². The van der Waals surface area contributed by atoms with Crippen LogP contribution in [-0.2, 0) is 25.5 Å². The van der Waals surface area contributed by atoms with E-state index in [4.69, 9.17) is 4.74 Å². The molecule has 0 saturated heterocycles. The van der Waals surface area contributed by atoms with E-state index in [9.17, 15) is 19.2 Å². The van der Waals surface area contributed by atoms with E-state index in [1.54, 1.807) is 36.4 Å². The van der Waals surface area contributed by atoms with Gasteiger partial charge in [-0.25, -0.2) is 0 Å². The Bertz CT molecular complexity index is 936. The number of fused-ring (bicyclic) bond motifs is 1. The Hall–Kier alpha value is -3.48. The molecule has 2 aromatic rings. The minimum atomic E-state index is -1.07. The first-order valence-corrected chi connectivity index (χ1v) is 8.85. The van der Waals surface area contributed by atoms with E-state index in [0.717, 1.165) is 10.5 Å². The van der Waals surface area contributed by atoms with E-state index in [1.165, 1.54) is 6.92 Å². The molecule has 7 heteroatoms. The van der Waals surface area contributed by atoms with Crippen LogP contribution in [0.15, 0.2) is 48.5 Å². The van der Waals surface area contributed by atoms with E-state index in [-0.39, 0.29) is 6.42 Å². The molecule has 0 aromatic heterocycles. The van der Waals surface area contributed by atoms with Crippen molar-refractivity contribution >= 4 is 29.4 Å². The molecule has 3 rings (SSSR count). The summed E-state index contributed by atoms with van der Waals surface area (Å²) in [4.78, 5) is 49.9. The van der Waals surface area contributed by atoms with Gasteiger partial charge in [-0.1, -0.05) is 35.9 Å². The number of aryl methyl sites for hydroxylation is 1. The first-order chi connectivity index (χ1) is 13.3. The third-order valence-corrected chi connectivity index (χ3v) is 4.42. The molecule has 0 fully saturated rings. The van der Waals surface area contributed by atoms with E-state index in [0.29, 0.717) is 16.8 Å². The van der Waals surface area contributed by atoms with Gasteiger partial charge >= 0.3 is 5.97 Å². The van der Waals surface area contributed by atoms with Crippen molar-refractivity contribution in [3.8, 4) is 0 Å². The summed E-state index contributed by atoms with van der Waals surface area (Å²) in [6.45, 7) is 2.82. The lowest BCUT2D eigenvalue weighted by atomic mass is 9.98. The molecule has 0 saturated carbocycles. The Morgan fingerprint density at radius 2 is 1.79 bits per heavy atom. The number of imide groups is 1. The second kappa shape index (κ2) is 8.04. The number of ether oxygens (including phenoxy) is 1. The van der Waals surface area contributed by atoms with Crippen molar-refractivity contribution in [2.45, 2.75) is 26.4 Å². The smallest absolute Gasteiger partial charge is 0.326 e. The Kier molecular flexibility index (Phi) is 5.54. The summed E-state index contributed by atoms with van der Waals surface area (Å²) in [5, 5.41) is 2.64. The van der Waals surface area contributed by atoms with E-state index in [2.05, 4.69) is 5.32 Å². The number of carbonyl (C=O) groups is 4. The van der Waals surface area contributed by atoms with Gasteiger partial charge in [0, 0.05) is 11.3 Å². The molecule has 3 amide bonds. The van der Waals surface area contributed by atoms with Gasteiger partial charge in [-0.15, -0.1) is 0 Å². The van der Waals surface area contributed by atoms with Crippen LogP contribution in [0, 0.1) is 6.92 Å². The maximum Gasteiger partial charge on any atom is 0.326 e. The van der Waals surface area contributed by atoms with Gasteiger partial charge in [0.15, 0.2) is 6.10 Å². The van der Waals surface area contributed by atoms with Gasteiger partial charge in [-0.3, -0.25) is 24.1 Å². The van der Waals surface area contributed by atoms with Crippen LogP contribution in [-0.4, -0.2) is 41.2 Å². The molecule has 1 heterocycles. The summed E-state index contributed by atoms with van der Waals surface area (Å²) in [7, 11) is 0. The van der Waals surface area contributed by atoms with E-state index < -0.39 is 36.3 Å². The quantitative estimate of drug-likeness (QED) is 0.633. The molecule has 28 heavy (non-hydrogen) atoms. The topological polar surface area (TPSA) is 92.8 Å². The van der Waals surface area contributed by atoms with E-state index >= 15 is 0 Å². The normalized spacial score (nSPS) is 14.3. The Morgan fingerprint density at radius 1 is 1.11 bits per heavy atom. The summed E-state index contributed by atoms with van der Waals surface area (Å²) in [6, 6.07) is 13.9. The lowest BCUT2D eigenvalue weighted by Crippen LogP contribution is -2.46. The first kappa shape index (κ1) is 19.3. The Morgan fingerprint density at radius 3 is 2.50 bits per heavy atom. The molecule has 1 aliphatic rings. The van der Waals surface area contributed by atoms with Crippen LogP contribution in [0.5, 0.6) is 0 Å². The molecule has 7 nitrogen and oxygen atoms in total. The van der Waals surface area contributed by atoms with Crippen molar-refractivity contribution in [1.82, 2.24) is 4.90 Å². The third kappa shape index (κ3) is 4.25. The number of rotatable bonds is 5. The van der Waals surface area contributed by atoms with Gasteiger partial charge in [0.05, 0.1) is 6.42 Å². The summed E-state index contributed by atoms with van der Waals surface area (Å²) >= 11 is 0. The zero-order valence-corrected chi connectivity index (χ0v) is 15.6. The zero-order chi connectivity index (χ0) is 20.3. The van der Waals surface area contributed by atoms with Crippen LogP contribution < -0.4 is 5.32 Å². The van der Waals surface area contributed by atoms with Gasteiger partial charge in [-0.05, 0) is 37.6 Å². The van der Waals surface area contributed by atoms with Crippen LogP contribution in [0.1, 0.15) is 28.4 Å². The largest absolute Gasteiger partial charge is 0.451 e. The van der Waals surface area contributed by atoms with Crippen molar-refractivity contribution in [2.75, 3.05) is 11.9 Å². The fourth-order valence-electron chi connectivity index (χ4n) is 2.86. The first-order valence-electron chi connectivity index (χ1n) is 8.85. The SMILES string of the molecule is Cc1ccc(NC(=O)[C@H](C)OC(=O)CN2C(=O)Cc3ccccc3C2=O)cc1. The van der Waals surface area contributed by atoms with Gasteiger partial charge in [-0.2, -0.15) is 0 Å². The lowest BCUT2D eigenvalue weighted by molar-refractivity contribution is -0.155. The van der Waals surface area contributed by atoms with Crippen LogP contribution >= 0.6 is 0 Å². The molecule has 2 aromatic carbocycles. The molecule has 1 atom stereocenters. The highest BCUT2D eigenvalue weighted by Crippen LogP contribution is 2.19. The second-order valence-corrected chi connectivity index (χ2v) is 6.61. The molecule has 0 bridgehead atoms. The molecule has 1 aliphatic heterocycles. The standard InChI is InChI=1S/C21H20N2O5/c1-13-7-9-16(10-8-13)22-20(26)14(2)28-19(25)12-23-18(24)11-15-5-3-4-6-17(15)21(23)27/h3-10,14H,11-12H2,1-2H3,(H,22,26)/t14-/m0/s1. The number of nitrogens with zero attached hydrogens (tertiary/aromatic N) is 1. The van der Waals surface area contributed by atoms with Crippen LogP contribution in [0.2, 0.25) is 0 Å². The average molecular weight is 380 g/mol. The number of anilines is 1. The molecule has 0 aliphatic carbocycles. The minimum Gasteiger partial charge on any atom is -0.451 e. The van der Waals surface area contributed by atoms with Crippen molar-refractivity contribution in [1.29, 1.82) is 0 Å². The summed E-state index contributed by atoms with van der Waals surface area (Å²) < 4.78 is 5.10. The summed E-state index contributed by atoms with van der Waals surface area (Å²) in [5.41, 5.74) is 2.65. The summed E-state index contributed by atoms with van der Waals surface area (Å²) in [6.07, 6.45) is -1.03. The van der Waals surface area contributed by atoms with Crippen molar-refractivity contribution < 1.29 is 23.9 Å². The van der Waals surface area contributed by atoms with Gasteiger partial charge < -0.3 is 10.1 Å². The number of carbonyl (C=O) groups excluding carboxylic acids is 4. The highest BCUT2D eigenvalue weighted by atomic mass is 16.5. The highest BCUT2D eigenvalue weighted by Gasteiger charge is 2.33. The number of hydrogen-bond acceptors (Lipinski definition) is 5. The summed E-state index contributed by atoms with van der Waals surface area (Å²) in [5.74, 6) is -2.34. The van der Waals surface area contributed by atoms with Crippen LogP contribution in [0.4, 0.5) is 5.69 Å². The molecule has 144 valence electrons. The lowest BCUT2D eigenvalue weighted by Gasteiger charge is -2.26.